The molecule has 26 heavy (non-hydrogen) atoms. The Morgan fingerprint density at radius 2 is 2.12 bits per heavy atom. The van der Waals surface area contributed by atoms with E-state index in [4.69, 9.17) is 4.74 Å². The molecule has 0 atom stereocenters. The van der Waals surface area contributed by atoms with E-state index in [0.717, 1.165) is 23.2 Å². The van der Waals surface area contributed by atoms with Crippen molar-refractivity contribution in [3.8, 4) is 0 Å². The van der Waals surface area contributed by atoms with E-state index < -0.39 is 10.5 Å². The number of carbonyl (C=O) groups excluding carboxylic acids is 1. The van der Waals surface area contributed by atoms with Gasteiger partial charge in [0.2, 0.25) is 5.82 Å². The van der Waals surface area contributed by atoms with Crippen molar-refractivity contribution < 1.29 is 14.5 Å². The zero-order chi connectivity index (χ0) is 18.6. The van der Waals surface area contributed by atoms with Crippen molar-refractivity contribution >= 4 is 44.9 Å². The van der Waals surface area contributed by atoms with E-state index in [1.165, 1.54) is 12.1 Å². The van der Waals surface area contributed by atoms with Gasteiger partial charge in [-0.1, -0.05) is 6.07 Å². The number of aromatic nitrogens is 1. The number of nitrogens with zero attached hydrogens (tertiary/aromatic N) is 3. The van der Waals surface area contributed by atoms with Crippen molar-refractivity contribution in [1.82, 2.24) is 4.98 Å². The number of ether oxygens (including phenoxy) is 1. The molecule has 8 nitrogen and oxygen atoms in total. The van der Waals surface area contributed by atoms with E-state index >= 15 is 0 Å². The van der Waals surface area contributed by atoms with Crippen molar-refractivity contribution in [3.05, 3.63) is 50.1 Å². The second-order valence-electron chi connectivity index (χ2n) is 6.66. The summed E-state index contributed by atoms with van der Waals surface area (Å²) < 4.78 is 6.08. The maximum atomic E-state index is 12.3. The molecule has 0 saturated heterocycles. The number of cyclic esters (lactones) is 1. The van der Waals surface area contributed by atoms with Gasteiger partial charge in [0.25, 0.3) is 0 Å². The number of amides is 1. The fraction of sp³-hybridized carbons (Fsp3) is 0.294. The van der Waals surface area contributed by atoms with Gasteiger partial charge in [-0.15, -0.1) is 0 Å². The van der Waals surface area contributed by atoms with E-state index in [1.54, 1.807) is 4.90 Å². The van der Waals surface area contributed by atoms with Crippen LogP contribution in [0.1, 0.15) is 25.0 Å². The number of hydrogen-bond acceptors (Lipinski definition) is 6. The summed E-state index contributed by atoms with van der Waals surface area (Å²) in [7, 11) is 0. The first-order valence-corrected chi connectivity index (χ1v) is 8.82. The maximum Gasteiger partial charge on any atom is 0.415 e. The molecule has 3 heterocycles. The molecule has 2 aromatic rings. The summed E-state index contributed by atoms with van der Waals surface area (Å²) in [6.07, 6.45) is 0.383. The Morgan fingerprint density at radius 1 is 1.35 bits per heavy atom. The van der Waals surface area contributed by atoms with Crippen LogP contribution < -0.4 is 10.2 Å². The number of anilines is 3. The van der Waals surface area contributed by atoms with Crippen LogP contribution in [-0.2, 0) is 16.8 Å². The van der Waals surface area contributed by atoms with Crippen LogP contribution in [0.3, 0.4) is 0 Å². The number of pyridine rings is 1. The van der Waals surface area contributed by atoms with Gasteiger partial charge in [-0.2, -0.15) is 0 Å². The lowest BCUT2D eigenvalue weighted by atomic mass is 9.90. The molecule has 0 radical (unpaired) electrons. The molecule has 1 N–H and O–H groups in total. The fourth-order valence-corrected chi connectivity index (χ4v) is 3.81. The molecule has 0 bridgehead atoms. The Balaban J connectivity index is 1.88. The minimum atomic E-state index is -0.869. The number of carbonyl (C=O) groups is 1. The summed E-state index contributed by atoms with van der Waals surface area (Å²) in [5, 5.41) is 14.4. The molecule has 0 saturated carbocycles. The largest absolute Gasteiger partial charge is 0.438 e. The number of rotatable bonds is 3. The van der Waals surface area contributed by atoms with E-state index in [9.17, 15) is 14.9 Å². The molecule has 2 aliphatic rings. The van der Waals surface area contributed by atoms with Gasteiger partial charge in [0.05, 0.1) is 10.6 Å². The molecule has 1 aromatic carbocycles. The molecule has 4 rings (SSSR count). The first-order valence-electron chi connectivity index (χ1n) is 8.03. The molecule has 134 valence electrons. The van der Waals surface area contributed by atoms with Crippen LogP contribution in [-0.4, -0.2) is 22.5 Å². The van der Waals surface area contributed by atoms with Crippen LogP contribution in [0.15, 0.2) is 28.9 Å². The molecule has 0 fully saturated rings. The van der Waals surface area contributed by atoms with E-state index in [2.05, 4.69) is 26.2 Å². The first kappa shape index (κ1) is 16.8. The zero-order valence-electron chi connectivity index (χ0n) is 14.1. The van der Waals surface area contributed by atoms with Crippen molar-refractivity contribution in [3.63, 3.8) is 0 Å². The summed E-state index contributed by atoms with van der Waals surface area (Å²) >= 11 is 3.24. The normalized spacial score (nSPS) is 16.9. The predicted molar refractivity (Wildman–Crippen MR) is 98.9 cm³/mol. The van der Waals surface area contributed by atoms with Crippen LogP contribution in [0.4, 0.5) is 27.7 Å². The second-order valence-corrected chi connectivity index (χ2v) is 7.47. The third kappa shape index (κ3) is 2.50. The molecule has 0 unspecified atom stereocenters. The Morgan fingerprint density at radius 3 is 2.85 bits per heavy atom. The summed E-state index contributed by atoms with van der Waals surface area (Å²) in [5.41, 5.74) is 2.31. The number of benzene rings is 1. The molecule has 1 aromatic heterocycles. The van der Waals surface area contributed by atoms with E-state index in [-0.39, 0.29) is 17.6 Å². The maximum absolute atomic E-state index is 12.3. The number of nitrogens with one attached hydrogen (secondary N) is 1. The minimum Gasteiger partial charge on any atom is -0.438 e. The average Bonchev–Trinajstić information content (AvgIpc) is 2.97. The minimum absolute atomic E-state index is 0.123. The lowest BCUT2D eigenvalue weighted by Gasteiger charge is -2.38. The Kier molecular flexibility index (Phi) is 3.65. The van der Waals surface area contributed by atoms with Gasteiger partial charge >= 0.3 is 11.8 Å². The summed E-state index contributed by atoms with van der Waals surface area (Å²) in [6.45, 7) is 4.18. The molecule has 2 aliphatic heterocycles. The lowest BCUT2D eigenvalue weighted by Crippen LogP contribution is -2.42. The van der Waals surface area contributed by atoms with Gasteiger partial charge in [-0.25, -0.2) is 9.78 Å². The standard InChI is InChI=1S/C17H15BrN4O4/c1-17(2)13-10(19-15-11(22(24)25)5-6-12(18)20-15)4-3-9-7-8-21(14(9)13)16(23)26-17/h3-6H,7-8H2,1-2H3,(H,19,20). The predicted octanol–water partition coefficient (Wildman–Crippen LogP) is 4.24. The third-order valence-corrected chi connectivity index (χ3v) is 5.03. The smallest absolute Gasteiger partial charge is 0.415 e. The molecular formula is C17H15BrN4O4. The van der Waals surface area contributed by atoms with Gasteiger partial charge < -0.3 is 10.1 Å². The molecule has 9 heteroatoms. The van der Waals surface area contributed by atoms with Crippen LogP contribution in [0, 0.1) is 10.1 Å². The van der Waals surface area contributed by atoms with Crippen LogP contribution in [0.25, 0.3) is 0 Å². The summed E-state index contributed by atoms with van der Waals surface area (Å²) in [5.74, 6) is 0.123. The number of hydrogen-bond donors (Lipinski definition) is 1. The van der Waals surface area contributed by atoms with Crippen molar-refractivity contribution in [2.24, 2.45) is 0 Å². The lowest BCUT2D eigenvalue weighted by molar-refractivity contribution is -0.384. The molecule has 0 spiro atoms. The third-order valence-electron chi connectivity index (χ3n) is 4.59. The number of nitro groups is 1. The van der Waals surface area contributed by atoms with Crippen LogP contribution >= 0.6 is 15.9 Å². The van der Waals surface area contributed by atoms with Gasteiger partial charge in [-0.3, -0.25) is 15.0 Å². The average molecular weight is 419 g/mol. The topological polar surface area (TPSA) is 97.6 Å². The monoisotopic (exact) mass is 418 g/mol. The highest BCUT2D eigenvalue weighted by Gasteiger charge is 2.43. The van der Waals surface area contributed by atoms with Crippen molar-refractivity contribution in [2.75, 3.05) is 16.8 Å². The Hall–Kier alpha value is -2.68. The Bertz CT molecular complexity index is 960. The SMILES string of the molecule is CC1(C)OC(=O)N2CCc3ccc(Nc4nc(Br)ccc4[N+](=O)[O-])c1c32. The fourth-order valence-electron chi connectivity index (χ4n) is 3.50. The molecule has 1 amide bonds. The highest BCUT2D eigenvalue weighted by atomic mass is 79.9. The van der Waals surface area contributed by atoms with Gasteiger partial charge in [-0.05, 0) is 53.9 Å². The zero-order valence-corrected chi connectivity index (χ0v) is 15.7. The highest BCUT2D eigenvalue weighted by Crippen LogP contribution is 2.48. The quantitative estimate of drug-likeness (QED) is 0.454. The van der Waals surface area contributed by atoms with E-state index in [0.29, 0.717) is 16.8 Å². The molecular weight excluding hydrogens is 404 g/mol. The van der Waals surface area contributed by atoms with Crippen molar-refractivity contribution in [1.29, 1.82) is 0 Å². The highest BCUT2D eigenvalue weighted by molar-refractivity contribution is 9.10. The Labute approximate surface area is 157 Å². The number of halogens is 1. The van der Waals surface area contributed by atoms with Gasteiger partial charge in [0, 0.05) is 23.9 Å². The molecule has 0 aliphatic carbocycles. The van der Waals surface area contributed by atoms with Crippen LogP contribution in [0.2, 0.25) is 0 Å². The second kappa shape index (κ2) is 5.66. The summed E-state index contributed by atoms with van der Waals surface area (Å²) in [4.78, 5) is 28.9. The van der Waals surface area contributed by atoms with E-state index in [1.807, 2.05) is 26.0 Å². The summed E-state index contributed by atoms with van der Waals surface area (Å²) in [6, 6.07) is 6.68. The van der Waals surface area contributed by atoms with Gasteiger partial charge in [0.1, 0.15) is 10.2 Å². The van der Waals surface area contributed by atoms with Crippen molar-refractivity contribution in [2.45, 2.75) is 25.9 Å². The van der Waals surface area contributed by atoms with Gasteiger partial charge in [0.15, 0.2) is 0 Å². The van der Waals surface area contributed by atoms with Crippen LogP contribution in [0.5, 0.6) is 0 Å². The first-order chi connectivity index (χ1) is 12.3.